The highest BCUT2D eigenvalue weighted by molar-refractivity contribution is 6.22. The Bertz CT molecular complexity index is 848. The monoisotopic (exact) mass is 426 g/mol. The largest absolute Gasteiger partial charge is 0.341 e. The van der Waals surface area contributed by atoms with Crippen LogP contribution >= 0.6 is 0 Å². The van der Waals surface area contributed by atoms with E-state index in [4.69, 9.17) is 0 Å². The zero-order valence-electron chi connectivity index (χ0n) is 18.2. The van der Waals surface area contributed by atoms with Crippen molar-refractivity contribution >= 4 is 23.6 Å². The Morgan fingerprint density at radius 2 is 1.32 bits per heavy atom. The van der Waals surface area contributed by atoms with Crippen molar-refractivity contribution in [1.82, 2.24) is 19.6 Å². The summed E-state index contributed by atoms with van der Waals surface area (Å²) in [5, 5.41) is 0. The minimum Gasteiger partial charge on any atom is -0.341 e. The number of piperidine rings is 1. The van der Waals surface area contributed by atoms with Crippen LogP contribution in [-0.2, 0) is 9.59 Å². The number of likely N-dealkylation sites (tertiary alicyclic amines) is 1. The van der Waals surface area contributed by atoms with Gasteiger partial charge in [0.2, 0.25) is 11.8 Å². The minimum absolute atomic E-state index is 0.157. The molecule has 0 unspecified atom stereocenters. The molecule has 8 heteroatoms. The number of rotatable bonds is 4. The van der Waals surface area contributed by atoms with Crippen molar-refractivity contribution in [3.8, 4) is 0 Å². The molecule has 4 amide bonds. The summed E-state index contributed by atoms with van der Waals surface area (Å²) in [5.41, 5.74) is 0.704. The topological polar surface area (TPSA) is 81.2 Å². The molecule has 166 valence electrons. The molecule has 1 aromatic carbocycles. The molecule has 0 bridgehead atoms. The summed E-state index contributed by atoms with van der Waals surface area (Å²) in [6.07, 6.45) is 1.16. The molecule has 2 fully saturated rings. The van der Waals surface area contributed by atoms with Gasteiger partial charge >= 0.3 is 0 Å². The molecular weight excluding hydrogens is 396 g/mol. The molecule has 0 aromatic heterocycles. The van der Waals surface area contributed by atoms with Gasteiger partial charge in [-0.2, -0.15) is 0 Å². The molecule has 4 rings (SSSR count). The Labute approximate surface area is 182 Å². The first-order chi connectivity index (χ1) is 14.8. The van der Waals surface area contributed by atoms with Crippen LogP contribution in [0.4, 0.5) is 0 Å². The number of carbonyl (C=O) groups excluding carboxylic acids is 4. The van der Waals surface area contributed by atoms with Crippen LogP contribution in [0.3, 0.4) is 0 Å². The number of carbonyl (C=O) groups is 4. The quantitative estimate of drug-likeness (QED) is 0.669. The molecule has 3 aliphatic heterocycles. The summed E-state index contributed by atoms with van der Waals surface area (Å²) in [7, 11) is 0. The van der Waals surface area contributed by atoms with Crippen molar-refractivity contribution < 1.29 is 19.2 Å². The smallest absolute Gasteiger partial charge is 0.262 e. The Morgan fingerprint density at radius 1 is 0.806 bits per heavy atom. The summed E-state index contributed by atoms with van der Waals surface area (Å²) in [6, 6.07) is 6.64. The van der Waals surface area contributed by atoms with E-state index in [-0.39, 0.29) is 18.4 Å². The lowest BCUT2D eigenvalue weighted by Crippen LogP contribution is -2.54. The molecule has 31 heavy (non-hydrogen) atoms. The minimum atomic E-state index is -0.414. The van der Waals surface area contributed by atoms with Crippen LogP contribution in [-0.4, -0.2) is 95.6 Å². The predicted molar refractivity (Wildman–Crippen MR) is 114 cm³/mol. The summed E-state index contributed by atoms with van der Waals surface area (Å²) in [6.45, 7) is 8.35. The standard InChI is InChI=1S/C23H30N4O4/c1-16-11-17(2)13-26(12-16)20(28)14-24-7-9-25(10-8-24)21(29)15-27-22(30)18-5-3-4-6-19(18)23(27)31/h3-6,16-17H,7-15H2,1-2H3/t16-,17-/m0/s1. The van der Waals surface area contributed by atoms with Crippen molar-refractivity contribution in [1.29, 1.82) is 0 Å². The van der Waals surface area contributed by atoms with Gasteiger partial charge in [0.25, 0.3) is 11.8 Å². The average Bonchev–Trinajstić information content (AvgIpc) is 2.98. The number of piperazine rings is 1. The van der Waals surface area contributed by atoms with Crippen molar-refractivity contribution in [2.75, 3.05) is 52.4 Å². The highest BCUT2D eigenvalue weighted by Gasteiger charge is 2.37. The third kappa shape index (κ3) is 4.49. The van der Waals surface area contributed by atoms with E-state index >= 15 is 0 Å². The first kappa shape index (κ1) is 21.5. The zero-order valence-corrected chi connectivity index (χ0v) is 18.2. The number of hydrogen-bond acceptors (Lipinski definition) is 5. The van der Waals surface area contributed by atoms with Crippen LogP contribution in [0.2, 0.25) is 0 Å². The van der Waals surface area contributed by atoms with Gasteiger partial charge in [-0.25, -0.2) is 0 Å². The SMILES string of the molecule is C[C@H]1C[C@H](C)CN(C(=O)CN2CCN(C(=O)CN3C(=O)c4ccccc4C3=O)CC2)C1. The highest BCUT2D eigenvalue weighted by Crippen LogP contribution is 2.23. The lowest BCUT2D eigenvalue weighted by Gasteiger charge is -2.38. The molecular formula is C23H30N4O4. The van der Waals surface area contributed by atoms with Gasteiger partial charge in [-0.15, -0.1) is 0 Å². The lowest BCUT2D eigenvalue weighted by atomic mass is 9.92. The Balaban J connectivity index is 1.26. The van der Waals surface area contributed by atoms with Gasteiger partial charge in [0.15, 0.2) is 0 Å². The number of benzene rings is 1. The number of imide groups is 1. The molecule has 8 nitrogen and oxygen atoms in total. The van der Waals surface area contributed by atoms with Crippen LogP contribution in [0, 0.1) is 11.8 Å². The number of amides is 4. The van der Waals surface area contributed by atoms with Gasteiger partial charge in [0, 0.05) is 39.3 Å². The van der Waals surface area contributed by atoms with E-state index < -0.39 is 11.8 Å². The fourth-order valence-electron chi connectivity index (χ4n) is 4.93. The van der Waals surface area contributed by atoms with Gasteiger partial charge in [0.05, 0.1) is 17.7 Å². The van der Waals surface area contributed by atoms with Gasteiger partial charge in [-0.1, -0.05) is 26.0 Å². The molecule has 0 saturated carbocycles. The molecule has 2 saturated heterocycles. The lowest BCUT2D eigenvalue weighted by molar-refractivity contribution is -0.137. The highest BCUT2D eigenvalue weighted by atomic mass is 16.2. The molecule has 0 aliphatic carbocycles. The van der Waals surface area contributed by atoms with E-state index in [0.29, 0.717) is 55.7 Å². The zero-order chi connectivity index (χ0) is 22.1. The molecule has 0 N–H and O–H groups in total. The van der Waals surface area contributed by atoms with E-state index in [1.54, 1.807) is 29.2 Å². The molecule has 2 atom stereocenters. The van der Waals surface area contributed by atoms with Crippen molar-refractivity contribution in [3.05, 3.63) is 35.4 Å². The van der Waals surface area contributed by atoms with Crippen molar-refractivity contribution in [3.63, 3.8) is 0 Å². The maximum absolute atomic E-state index is 12.7. The van der Waals surface area contributed by atoms with E-state index in [9.17, 15) is 19.2 Å². The van der Waals surface area contributed by atoms with Crippen LogP contribution in [0.25, 0.3) is 0 Å². The molecule has 3 heterocycles. The first-order valence-corrected chi connectivity index (χ1v) is 11.1. The average molecular weight is 427 g/mol. The number of fused-ring (bicyclic) bond motifs is 1. The summed E-state index contributed by atoms with van der Waals surface area (Å²) in [5.74, 6) is 0.156. The second-order valence-electron chi connectivity index (χ2n) is 9.14. The number of hydrogen-bond donors (Lipinski definition) is 0. The van der Waals surface area contributed by atoms with Crippen LogP contribution in [0.1, 0.15) is 41.0 Å². The third-order valence-corrected chi connectivity index (χ3v) is 6.48. The normalized spacial score (nSPS) is 24.5. The summed E-state index contributed by atoms with van der Waals surface area (Å²) >= 11 is 0. The van der Waals surface area contributed by atoms with Crippen LogP contribution in [0.5, 0.6) is 0 Å². The van der Waals surface area contributed by atoms with Gasteiger partial charge in [0.1, 0.15) is 6.54 Å². The van der Waals surface area contributed by atoms with Gasteiger partial charge in [-0.05, 0) is 30.4 Å². The molecule has 0 spiro atoms. The Morgan fingerprint density at radius 3 is 1.87 bits per heavy atom. The molecule has 1 aromatic rings. The second kappa shape index (κ2) is 8.78. The maximum Gasteiger partial charge on any atom is 0.262 e. The van der Waals surface area contributed by atoms with Crippen LogP contribution < -0.4 is 0 Å². The fourth-order valence-corrected chi connectivity index (χ4v) is 4.93. The maximum atomic E-state index is 12.7. The Kier molecular flexibility index (Phi) is 6.09. The van der Waals surface area contributed by atoms with Gasteiger partial charge in [-0.3, -0.25) is 29.0 Å². The summed E-state index contributed by atoms with van der Waals surface area (Å²) in [4.78, 5) is 57.2. The Hall–Kier alpha value is -2.74. The number of nitrogens with zero attached hydrogens (tertiary/aromatic N) is 4. The first-order valence-electron chi connectivity index (χ1n) is 11.1. The van der Waals surface area contributed by atoms with E-state index in [1.807, 2.05) is 4.90 Å². The van der Waals surface area contributed by atoms with E-state index in [2.05, 4.69) is 18.7 Å². The van der Waals surface area contributed by atoms with Crippen molar-refractivity contribution in [2.24, 2.45) is 11.8 Å². The predicted octanol–water partition coefficient (Wildman–Crippen LogP) is 0.931. The van der Waals surface area contributed by atoms with E-state index in [0.717, 1.165) is 24.4 Å². The van der Waals surface area contributed by atoms with Crippen molar-refractivity contribution in [2.45, 2.75) is 20.3 Å². The second-order valence-corrected chi connectivity index (χ2v) is 9.14. The molecule has 3 aliphatic rings. The third-order valence-electron chi connectivity index (χ3n) is 6.48. The van der Waals surface area contributed by atoms with Gasteiger partial charge < -0.3 is 9.80 Å². The fraction of sp³-hybridized carbons (Fsp3) is 0.565. The van der Waals surface area contributed by atoms with E-state index in [1.165, 1.54) is 0 Å². The molecule has 0 radical (unpaired) electrons. The van der Waals surface area contributed by atoms with Crippen LogP contribution in [0.15, 0.2) is 24.3 Å². The summed E-state index contributed by atoms with van der Waals surface area (Å²) < 4.78 is 0.